The average Bonchev–Trinajstić information content (AvgIpc) is 3.30. The Kier molecular flexibility index (Phi) is 4.02. The lowest BCUT2D eigenvalue weighted by atomic mass is 9.80. The van der Waals surface area contributed by atoms with E-state index in [1.165, 1.54) is 17.5 Å². The minimum Gasteiger partial charge on any atom is -0.381 e. The molecule has 3 aromatic rings. The normalized spacial score (nSPS) is 19.6. The van der Waals surface area contributed by atoms with Gasteiger partial charge < -0.3 is 14.3 Å². The van der Waals surface area contributed by atoms with Gasteiger partial charge in [0.15, 0.2) is 5.82 Å². The van der Waals surface area contributed by atoms with Gasteiger partial charge in [0, 0.05) is 38.4 Å². The van der Waals surface area contributed by atoms with Gasteiger partial charge in [-0.15, -0.1) is 0 Å². The molecule has 0 unspecified atom stereocenters. The third-order valence-corrected chi connectivity index (χ3v) is 6.12. The monoisotopic (exact) mass is 369 g/mol. The smallest absolute Gasteiger partial charge is 0.151 e. The van der Waals surface area contributed by atoms with E-state index < -0.39 is 0 Å². The van der Waals surface area contributed by atoms with E-state index in [4.69, 9.17) is 9.72 Å². The summed E-state index contributed by atoms with van der Waals surface area (Å²) in [5, 5.41) is 0. The number of H-pyrrole nitrogens is 1. The summed E-state index contributed by atoms with van der Waals surface area (Å²) >= 11 is 0. The van der Waals surface area contributed by atoms with E-state index >= 15 is 0 Å². The number of para-hydroxylation sites is 1. The molecule has 0 atom stereocenters. The van der Waals surface area contributed by atoms with Crippen LogP contribution in [0.3, 0.4) is 0 Å². The Labute approximate surface area is 157 Å². The summed E-state index contributed by atoms with van der Waals surface area (Å²) in [6.45, 7) is 6.18. The Morgan fingerprint density at radius 2 is 2.15 bits per heavy atom. The molecule has 1 N–H and O–H groups in total. The third kappa shape index (κ3) is 2.60. The van der Waals surface area contributed by atoms with Crippen molar-refractivity contribution in [1.29, 1.82) is 0 Å². The summed E-state index contributed by atoms with van der Waals surface area (Å²) in [6, 6.07) is 5.04. The van der Waals surface area contributed by atoms with Crippen molar-refractivity contribution >= 4 is 11.0 Å². The fourth-order valence-corrected chi connectivity index (χ4v) is 4.73. The molecule has 2 aliphatic rings. The van der Waals surface area contributed by atoms with Gasteiger partial charge in [-0.2, -0.15) is 0 Å². The number of hydrogen-bond acceptors (Lipinski definition) is 4. The zero-order valence-corrected chi connectivity index (χ0v) is 15.5. The molecule has 2 aliphatic heterocycles. The first kappa shape index (κ1) is 16.9. The molecule has 7 heteroatoms. The molecule has 6 nitrogen and oxygen atoms in total. The molecule has 0 bridgehead atoms. The van der Waals surface area contributed by atoms with Crippen LogP contribution in [0.4, 0.5) is 4.39 Å². The van der Waals surface area contributed by atoms with Gasteiger partial charge in [-0.1, -0.05) is 6.07 Å². The molecule has 1 saturated heterocycles. The van der Waals surface area contributed by atoms with Crippen molar-refractivity contribution in [1.82, 2.24) is 24.4 Å². The number of ether oxygens (including phenoxy) is 1. The van der Waals surface area contributed by atoms with Gasteiger partial charge in [0.1, 0.15) is 11.3 Å². The van der Waals surface area contributed by atoms with E-state index in [-0.39, 0.29) is 11.4 Å². The van der Waals surface area contributed by atoms with E-state index in [0.29, 0.717) is 12.1 Å². The number of nitrogens with zero attached hydrogens (tertiary/aromatic N) is 4. The highest BCUT2D eigenvalue weighted by Crippen LogP contribution is 2.43. The number of aromatic amines is 1. The molecule has 142 valence electrons. The molecule has 1 fully saturated rings. The zero-order valence-electron chi connectivity index (χ0n) is 15.5. The fourth-order valence-electron chi connectivity index (χ4n) is 4.73. The molecule has 1 aromatic carbocycles. The summed E-state index contributed by atoms with van der Waals surface area (Å²) in [6.07, 6.45) is 4.80. The second kappa shape index (κ2) is 6.42. The summed E-state index contributed by atoms with van der Waals surface area (Å²) in [4.78, 5) is 15.1. The van der Waals surface area contributed by atoms with Crippen molar-refractivity contribution in [3.05, 3.63) is 47.6 Å². The maximum absolute atomic E-state index is 14.0. The molecule has 0 saturated carbocycles. The van der Waals surface area contributed by atoms with E-state index in [2.05, 4.69) is 26.4 Å². The number of fused-ring (bicyclic) bond motifs is 3. The standard InChI is InChI=1S/C20H24FN5O/c1-2-25-13-22-19-16(25)6-9-26(20(19)7-10-27-11-8-20)12-17-23-15-5-3-4-14(21)18(15)24-17/h3-5,13H,2,6-12H2,1H3,(H,23,24). The molecule has 0 aliphatic carbocycles. The highest BCUT2D eigenvalue weighted by atomic mass is 19.1. The first-order valence-corrected chi connectivity index (χ1v) is 9.71. The predicted octanol–water partition coefficient (Wildman–Crippen LogP) is 2.98. The van der Waals surface area contributed by atoms with Crippen LogP contribution in [0.1, 0.15) is 37.0 Å². The first-order valence-electron chi connectivity index (χ1n) is 9.71. The zero-order chi connectivity index (χ0) is 18.4. The number of benzene rings is 1. The number of aromatic nitrogens is 4. The highest BCUT2D eigenvalue weighted by molar-refractivity contribution is 5.75. The van der Waals surface area contributed by atoms with Crippen LogP contribution < -0.4 is 0 Å². The molecule has 0 amide bonds. The second-order valence-corrected chi connectivity index (χ2v) is 7.46. The Morgan fingerprint density at radius 1 is 1.30 bits per heavy atom. The Balaban J connectivity index is 1.53. The molecule has 0 radical (unpaired) electrons. The quantitative estimate of drug-likeness (QED) is 0.771. The molecule has 27 heavy (non-hydrogen) atoms. The lowest BCUT2D eigenvalue weighted by Gasteiger charge is -2.48. The molecule has 1 spiro atoms. The van der Waals surface area contributed by atoms with E-state index in [1.54, 1.807) is 6.07 Å². The Morgan fingerprint density at radius 3 is 2.93 bits per heavy atom. The van der Waals surface area contributed by atoms with Crippen LogP contribution in [0.2, 0.25) is 0 Å². The van der Waals surface area contributed by atoms with Crippen molar-refractivity contribution in [2.45, 2.75) is 44.8 Å². The van der Waals surface area contributed by atoms with Crippen LogP contribution in [-0.4, -0.2) is 44.2 Å². The van der Waals surface area contributed by atoms with Gasteiger partial charge in [0.05, 0.1) is 29.6 Å². The predicted molar refractivity (Wildman–Crippen MR) is 99.8 cm³/mol. The summed E-state index contributed by atoms with van der Waals surface area (Å²) in [7, 11) is 0. The van der Waals surface area contributed by atoms with Gasteiger partial charge in [0.2, 0.25) is 0 Å². The van der Waals surface area contributed by atoms with Crippen LogP contribution in [0.15, 0.2) is 24.5 Å². The maximum atomic E-state index is 14.0. The third-order valence-electron chi connectivity index (χ3n) is 6.12. The summed E-state index contributed by atoms with van der Waals surface area (Å²) in [5.74, 6) is 0.526. The Hall–Kier alpha value is -2.25. The average molecular weight is 369 g/mol. The van der Waals surface area contributed by atoms with E-state index in [0.717, 1.165) is 56.9 Å². The number of aryl methyl sites for hydroxylation is 1. The van der Waals surface area contributed by atoms with Crippen LogP contribution in [-0.2, 0) is 29.8 Å². The van der Waals surface area contributed by atoms with Gasteiger partial charge in [-0.05, 0) is 31.9 Å². The van der Waals surface area contributed by atoms with Crippen LogP contribution in [0.25, 0.3) is 11.0 Å². The summed E-state index contributed by atoms with van der Waals surface area (Å²) in [5.41, 5.74) is 3.59. The van der Waals surface area contributed by atoms with Gasteiger partial charge >= 0.3 is 0 Å². The lowest BCUT2D eigenvalue weighted by molar-refractivity contribution is -0.0462. The van der Waals surface area contributed by atoms with Crippen molar-refractivity contribution in [3.8, 4) is 0 Å². The lowest BCUT2D eigenvalue weighted by Crippen LogP contribution is -2.53. The first-order chi connectivity index (χ1) is 13.2. The summed E-state index contributed by atoms with van der Waals surface area (Å²) < 4.78 is 22.0. The molecule has 4 heterocycles. The van der Waals surface area contributed by atoms with Crippen LogP contribution in [0.5, 0.6) is 0 Å². The van der Waals surface area contributed by atoms with Crippen molar-refractivity contribution < 1.29 is 9.13 Å². The van der Waals surface area contributed by atoms with E-state index in [9.17, 15) is 4.39 Å². The van der Waals surface area contributed by atoms with E-state index in [1.807, 2.05) is 12.4 Å². The fraction of sp³-hybridized carbons (Fsp3) is 0.500. The number of nitrogens with one attached hydrogen (secondary N) is 1. The maximum Gasteiger partial charge on any atom is 0.151 e. The van der Waals surface area contributed by atoms with Crippen LogP contribution >= 0.6 is 0 Å². The Bertz CT molecular complexity index is 972. The molecular weight excluding hydrogens is 345 g/mol. The van der Waals surface area contributed by atoms with Crippen LogP contribution in [0, 0.1) is 5.82 Å². The number of rotatable bonds is 3. The second-order valence-electron chi connectivity index (χ2n) is 7.46. The number of hydrogen-bond donors (Lipinski definition) is 1. The molecule has 5 rings (SSSR count). The van der Waals surface area contributed by atoms with Crippen molar-refractivity contribution in [2.24, 2.45) is 0 Å². The van der Waals surface area contributed by atoms with Gasteiger partial charge in [-0.25, -0.2) is 14.4 Å². The molecular formula is C20H24FN5O. The van der Waals surface area contributed by atoms with Crippen molar-refractivity contribution in [2.75, 3.05) is 19.8 Å². The largest absolute Gasteiger partial charge is 0.381 e. The highest BCUT2D eigenvalue weighted by Gasteiger charge is 2.46. The number of halogens is 1. The topological polar surface area (TPSA) is 59.0 Å². The van der Waals surface area contributed by atoms with Gasteiger partial charge in [0.25, 0.3) is 0 Å². The minimum absolute atomic E-state index is 0.121. The van der Waals surface area contributed by atoms with Crippen molar-refractivity contribution in [3.63, 3.8) is 0 Å². The van der Waals surface area contributed by atoms with Gasteiger partial charge in [-0.3, -0.25) is 4.90 Å². The molecule has 2 aromatic heterocycles. The SMILES string of the molecule is CCn1cnc2c1CCN(Cc1nc3c(F)cccc3[nH]1)C21CCOCC1. The minimum atomic E-state index is -0.279. The number of imidazole rings is 2.